The minimum absolute atomic E-state index is 0.215. The van der Waals surface area contributed by atoms with Crippen LogP contribution in [0, 0.1) is 12.7 Å². The van der Waals surface area contributed by atoms with E-state index >= 15 is 0 Å². The van der Waals surface area contributed by atoms with Crippen molar-refractivity contribution in [3.8, 4) is 0 Å². The van der Waals surface area contributed by atoms with Crippen LogP contribution < -0.4 is 5.32 Å². The molecule has 1 aromatic carbocycles. The highest BCUT2D eigenvalue weighted by molar-refractivity contribution is 9.10. The van der Waals surface area contributed by atoms with Gasteiger partial charge in [-0.15, -0.1) is 0 Å². The van der Waals surface area contributed by atoms with Gasteiger partial charge in [-0.2, -0.15) is 0 Å². The standard InChI is InChI=1S/C13H15BrFN/c1-9-7-11(14)12(15)8-13(9)16-10-5-3-2-4-6-10/h3,5,7-8,10,16H,2,4,6H2,1H3. The largest absolute Gasteiger partial charge is 0.379 e. The fraction of sp³-hybridized carbons (Fsp3) is 0.385. The smallest absolute Gasteiger partial charge is 0.139 e. The fourth-order valence-corrected chi connectivity index (χ4v) is 2.39. The van der Waals surface area contributed by atoms with Crippen molar-refractivity contribution in [2.24, 2.45) is 0 Å². The molecular formula is C13H15BrFN. The van der Waals surface area contributed by atoms with Gasteiger partial charge >= 0.3 is 0 Å². The Morgan fingerprint density at radius 3 is 2.94 bits per heavy atom. The van der Waals surface area contributed by atoms with Crippen LogP contribution in [0.4, 0.5) is 10.1 Å². The van der Waals surface area contributed by atoms with Gasteiger partial charge in [-0.05, 0) is 59.8 Å². The van der Waals surface area contributed by atoms with Gasteiger partial charge in [0.2, 0.25) is 0 Å². The van der Waals surface area contributed by atoms with E-state index in [1.165, 1.54) is 6.42 Å². The quantitative estimate of drug-likeness (QED) is 0.793. The van der Waals surface area contributed by atoms with Crippen molar-refractivity contribution in [1.29, 1.82) is 0 Å². The Labute approximate surface area is 104 Å². The van der Waals surface area contributed by atoms with Gasteiger partial charge in [-0.25, -0.2) is 4.39 Å². The number of allylic oxidation sites excluding steroid dienone is 1. The van der Waals surface area contributed by atoms with Gasteiger partial charge in [-0.1, -0.05) is 12.2 Å². The van der Waals surface area contributed by atoms with E-state index in [9.17, 15) is 4.39 Å². The zero-order valence-corrected chi connectivity index (χ0v) is 10.8. The average molecular weight is 284 g/mol. The van der Waals surface area contributed by atoms with E-state index in [0.717, 1.165) is 24.1 Å². The molecule has 0 aliphatic heterocycles. The summed E-state index contributed by atoms with van der Waals surface area (Å²) in [6, 6.07) is 3.71. The van der Waals surface area contributed by atoms with Crippen LogP contribution in [0.15, 0.2) is 28.8 Å². The van der Waals surface area contributed by atoms with Crippen LogP contribution >= 0.6 is 15.9 Å². The summed E-state index contributed by atoms with van der Waals surface area (Å²) in [5, 5.41) is 3.37. The maximum absolute atomic E-state index is 13.4. The van der Waals surface area contributed by atoms with Crippen LogP contribution in [0.5, 0.6) is 0 Å². The first-order valence-electron chi connectivity index (χ1n) is 5.55. The summed E-state index contributed by atoms with van der Waals surface area (Å²) in [5.41, 5.74) is 1.95. The number of nitrogens with one attached hydrogen (secondary N) is 1. The summed E-state index contributed by atoms with van der Waals surface area (Å²) in [6.07, 6.45) is 7.83. The number of aryl methyl sites for hydroxylation is 1. The van der Waals surface area contributed by atoms with Crippen molar-refractivity contribution in [2.75, 3.05) is 5.32 Å². The van der Waals surface area contributed by atoms with Gasteiger partial charge in [0, 0.05) is 11.7 Å². The maximum Gasteiger partial charge on any atom is 0.139 e. The van der Waals surface area contributed by atoms with Gasteiger partial charge in [-0.3, -0.25) is 0 Å². The minimum Gasteiger partial charge on any atom is -0.379 e. The summed E-state index contributed by atoms with van der Waals surface area (Å²) in [7, 11) is 0. The van der Waals surface area contributed by atoms with Crippen LogP contribution in [0.2, 0.25) is 0 Å². The number of anilines is 1. The monoisotopic (exact) mass is 283 g/mol. The van der Waals surface area contributed by atoms with Crippen molar-refractivity contribution in [3.63, 3.8) is 0 Å². The Kier molecular flexibility index (Phi) is 3.64. The molecule has 16 heavy (non-hydrogen) atoms. The van der Waals surface area contributed by atoms with E-state index < -0.39 is 0 Å². The molecule has 1 nitrogen and oxygen atoms in total. The van der Waals surface area contributed by atoms with Crippen molar-refractivity contribution in [2.45, 2.75) is 32.2 Å². The Morgan fingerprint density at radius 1 is 1.44 bits per heavy atom. The van der Waals surface area contributed by atoms with Crippen molar-refractivity contribution < 1.29 is 4.39 Å². The van der Waals surface area contributed by atoms with E-state index in [1.807, 2.05) is 13.0 Å². The van der Waals surface area contributed by atoms with Crippen molar-refractivity contribution in [3.05, 3.63) is 40.1 Å². The predicted octanol–water partition coefficient (Wildman–Crippen LogP) is 4.42. The van der Waals surface area contributed by atoms with Gasteiger partial charge in [0.15, 0.2) is 0 Å². The lowest BCUT2D eigenvalue weighted by Gasteiger charge is -2.20. The zero-order valence-electron chi connectivity index (χ0n) is 9.26. The molecule has 2 rings (SSSR count). The highest BCUT2D eigenvalue weighted by Crippen LogP contribution is 2.25. The van der Waals surface area contributed by atoms with E-state index in [4.69, 9.17) is 0 Å². The first kappa shape index (κ1) is 11.6. The molecular weight excluding hydrogens is 269 g/mol. The highest BCUT2D eigenvalue weighted by Gasteiger charge is 2.11. The average Bonchev–Trinajstić information content (AvgIpc) is 2.27. The van der Waals surface area contributed by atoms with Crippen LogP contribution in [0.1, 0.15) is 24.8 Å². The molecule has 0 radical (unpaired) electrons. The number of hydrogen-bond donors (Lipinski definition) is 1. The Morgan fingerprint density at radius 2 is 2.25 bits per heavy atom. The molecule has 0 aromatic heterocycles. The summed E-state index contributed by atoms with van der Waals surface area (Å²) < 4.78 is 13.9. The molecule has 1 aromatic rings. The third-order valence-electron chi connectivity index (χ3n) is 2.86. The van der Waals surface area contributed by atoms with Gasteiger partial charge in [0.1, 0.15) is 5.82 Å². The predicted molar refractivity (Wildman–Crippen MR) is 69.2 cm³/mol. The third kappa shape index (κ3) is 2.64. The Balaban J connectivity index is 2.17. The summed E-state index contributed by atoms with van der Waals surface area (Å²) >= 11 is 3.19. The molecule has 0 amide bonds. The molecule has 0 fully saturated rings. The molecule has 0 saturated heterocycles. The van der Waals surface area contributed by atoms with E-state index in [-0.39, 0.29) is 5.82 Å². The second kappa shape index (κ2) is 5.00. The van der Waals surface area contributed by atoms with E-state index in [2.05, 4.69) is 33.4 Å². The van der Waals surface area contributed by atoms with Crippen molar-refractivity contribution in [1.82, 2.24) is 0 Å². The molecule has 0 saturated carbocycles. The second-order valence-corrected chi connectivity index (χ2v) is 5.05. The van der Waals surface area contributed by atoms with Gasteiger partial charge in [0.25, 0.3) is 0 Å². The maximum atomic E-state index is 13.4. The topological polar surface area (TPSA) is 12.0 Å². The lowest BCUT2D eigenvalue weighted by atomic mass is 10.0. The fourth-order valence-electron chi connectivity index (χ4n) is 1.93. The molecule has 0 heterocycles. The molecule has 1 aliphatic carbocycles. The summed E-state index contributed by atoms with van der Waals surface area (Å²) in [4.78, 5) is 0. The number of rotatable bonds is 2. The van der Waals surface area contributed by atoms with Crippen LogP contribution in [-0.2, 0) is 0 Å². The normalized spacial score (nSPS) is 19.8. The second-order valence-electron chi connectivity index (χ2n) is 4.19. The van der Waals surface area contributed by atoms with Crippen molar-refractivity contribution >= 4 is 21.6 Å². The molecule has 0 bridgehead atoms. The number of hydrogen-bond acceptors (Lipinski definition) is 1. The summed E-state index contributed by atoms with van der Waals surface area (Å²) in [5.74, 6) is -0.215. The van der Waals surface area contributed by atoms with Gasteiger partial charge in [0.05, 0.1) is 4.47 Å². The first-order valence-corrected chi connectivity index (χ1v) is 6.35. The Hall–Kier alpha value is -0.830. The van der Waals surface area contributed by atoms with E-state index in [0.29, 0.717) is 10.5 Å². The number of halogens is 2. The molecule has 1 unspecified atom stereocenters. The number of benzene rings is 1. The SMILES string of the molecule is Cc1cc(Br)c(F)cc1NC1C=CCCC1. The molecule has 3 heteroatoms. The van der Waals surface area contributed by atoms with Crippen LogP contribution in [-0.4, -0.2) is 6.04 Å². The molecule has 1 atom stereocenters. The molecule has 86 valence electrons. The van der Waals surface area contributed by atoms with Crippen LogP contribution in [0.3, 0.4) is 0 Å². The molecule has 1 N–H and O–H groups in total. The lowest BCUT2D eigenvalue weighted by molar-refractivity contribution is 0.619. The highest BCUT2D eigenvalue weighted by atomic mass is 79.9. The molecule has 1 aliphatic rings. The van der Waals surface area contributed by atoms with Gasteiger partial charge < -0.3 is 5.32 Å². The first-order chi connectivity index (χ1) is 7.66. The molecule has 0 spiro atoms. The minimum atomic E-state index is -0.215. The zero-order chi connectivity index (χ0) is 11.5. The Bertz CT molecular complexity index is 415. The third-order valence-corrected chi connectivity index (χ3v) is 3.47. The van der Waals surface area contributed by atoms with E-state index in [1.54, 1.807) is 6.07 Å². The van der Waals surface area contributed by atoms with Crippen LogP contribution in [0.25, 0.3) is 0 Å². The lowest BCUT2D eigenvalue weighted by Crippen LogP contribution is -2.19. The summed E-state index contributed by atoms with van der Waals surface area (Å²) in [6.45, 7) is 1.99.